The number of benzene rings is 1. The Morgan fingerprint density at radius 2 is 2.25 bits per heavy atom. The lowest BCUT2D eigenvalue weighted by Gasteiger charge is -2.17. The van der Waals surface area contributed by atoms with E-state index in [1.54, 1.807) is 6.26 Å². The molecule has 2 heteroatoms. The van der Waals surface area contributed by atoms with Crippen molar-refractivity contribution in [2.24, 2.45) is 5.92 Å². The molecule has 0 amide bonds. The van der Waals surface area contributed by atoms with Crippen LogP contribution in [-0.4, -0.2) is 13.6 Å². The second-order valence-electron chi connectivity index (χ2n) is 5.39. The lowest BCUT2D eigenvalue weighted by Crippen LogP contribution is -2.16. The van der Waals surface area contributed by atoms with Crippen LogP contribution in [0.2, 0.25) is 0 Å². The maximum absolute atomic E-state index is 5.66. The van der Waals surface area contributed by atoms with Crippen molar-refractivity contribution >= 4 is 11.0 Å². The van der Waals surface area contributed by atoms with Crippen LogP contribution in [0.3, 0.4) is 0 Å². The van der Waals surface area contributed by atoms with E-state index in [1.165, 1.54) is 16.5 Å². The summed E-state index contributed by atoms with van der Waals surface area (Å²) in [4.78, 5) is 0. The molecule has 20 heavy (non-hydrogen) atoms. The van der Waals surface area contributed by atoms with E-state index in [4.69, 9.17) is 4.42 Å². The highest BCUT2D eigenvalue weighted by atomic mass is 16.3. The first-order valence-corrected chi connectivity index (χ1v) is 7.35. The molecule has 1 heterocycles. The van der Waals surface area contributed by atoms with Gasteiger partial charge in [-0.25, -0.2) is 0 Å². The summed E-state index contributed by atoms with van der Waals surface area (Å²) in [7, 11) is 2.02. The SMILES string of the molecule is CNCC[C@H](Cc1cccc2ccoc12)C1=CCC=C1. The lowest BCUT2D eigenvalue weighted by molar-refractivity contribution is 0.541. The quantitative estimate of drug-likeness (QED) is 0.853. The fourth-order valence-electron chi connectivity index (χ4n) is 2.97. The number of hydrogen-bond donors (Lipinski definition) is 1. The molecule has 0 spiro atoms. The molecule has 1 atom stereocenters. The van der Waals surface area contributed by atoms with Crippen LogP contribution in [-0.2, 0) is 6.42 Å². The summed E-state index contributed by atoms with van der Waals surface area (Å²) in [6.45, 7) is 1.05. The van der Waals surface area contributed by atoms with E-state index in [0.29, 0.717) is 5.92 Å². The van der Waals surface area contributed by atoms with Crippen LogP contribution in [0.25, 0.3) is 11.0 Å². The molecule has 0 aliphatic heterocycles. The van der Waals surface area contributed by atoms with Crippen molar-refractivity contribution in [2.75, 3.05) is 13.6 Å². The Hall–Kier alpha value is -1.80. The number of allylic oxidation sites excluding steroid dienone is 4. The molecule has 0 saturated carbocycles. The smallest absolute Gasteiger partial charge is 0.137 e. The number of fused-ring (bicyclic) bond motifs is 1. The molecule has 104 valence electrons. The van der Waals surface area contributed by atoms with Gasteiger partial charge >= 0.3 is 0 Å². The monoisotopic (exact) mass is 267 g/mol. The highest BCUT2D eigenvalue weighted by Gasteiger charge is 2.16. The molecule has 1 aliphatic carbocycles. The minimum absolute atomic E-state index is 0.567. The average molecular weight is 267 g/mol. The predicted molar refractivity (Wildman–Crippen MR) is 83.8 cm³/mol. The fraction of sp³-hybridized carbons (Fsp3) is 0.333. The highest BCUT2D eigenvalue weighted by molar-refractivity contribution is 5.80. The summed E-state index contributed by atoms with van der Waals surface area (Å²) in [5, 5.41) is 4.46. The van der Waals surface area contributed by atoms with Gasteiger partial charge in [0.25, 0.3) is 0 Å². The van der Waals surface area contributed by atoms with Crippen LogP contribution < -0.4 is 5.32 Å². The summed E-state index contributed by atoms with van der Waals surface area (Å²) >= 11 is 0. The number of furan rings is 1. The van der Waals surface area contributed by atoms with Gasteiger partial charge in [-0.05, 0) is 56.0 Å². The summed E-state index contributed by atoms with van der Waals surface area (Å²) < 4.78 is 5.66. The number of nitrogens with one attached hydrogen (secondary N) is 1. The second-order valence-corrected chi connectivity index (χ2v) is 5.39. The van der Waals surface area contributed by atoms with Crippen molar-refractivity contribution in [3.8, 4) is 0 Å². The topological polar surface area (TPSA) is 25.2 Å². The van der Waals surface area contributed by atoms with Crippen LogP contribution in [0, 0.1) is 5.92 Å². The van der Waals surface area contributed by atoms with Gasteiger partial charge in [0, 0.05) is 5.39 Å². The van der Waals surface area contributed by atoms with E-state index in [1.807, 2.05) is 13.1 Å². The molecule has 0 saturated heterocycles. The molecule has 0 bridgehead atoms. The third-order valence-corrected chi connectivity index (χ3v) is 4.04. The van der Waals surface area contributed by atoms with Gasteiger partial charge in [0.1, 0.15) is 5.58 Å². The zero-order valence-electron chi connectivity index (χ0n) is 11.9. The van der Waals surface area contributed by atoms with Crippen LogP contribution in [0.1, 0.15) is 18.4 Å². The van der Waals surface area contributed by atoms with Crippen molar-refractivity contribution in [1.29, 1.82) is 0 Å². The summed E-state index contributed by atoms with van der Waals surface area (Å²) in [5.74, 6) is 0.567. The zero-order valence-corrected chi connectivity index (χ0v) is 11.9. The first-order valence-electron chi connectivity index (χ1n) is 7.35. The number of hydrogen-bond acceptors (Lipinski definition) is 2. The molecule has 3 rings (SSSR count). The standard InChI is InChI=1S/C18H21NO/c1-19-11-9-16(14-5-2-3-6-14)13-17-8-4-7-15-10-12-20-18(15)17/h2,4-8,10,12,16,19H,3,9,11,13H2,1H3/t16-/m1/s1. The Kier molecular flexibility index (Phi) is 4.03. The minimum atomic E-state index is 0.567. The first kappa shape index (κ1) is 13.2. The van der Waals surface area contributed by atoms with E-state index >= 15 is 0 Å². The van der Waals surface area contributed by atoms with Gasteiger partial charge in [-0.1, -0.05) is 36.4 Å². The number of para-hydroxylation sites is 1. The number of rotatable bonds is 6. The van der Waals surface area contributed by atoms with Gasteiger partial charge in [0.2, 0.25) is 0 Å². The normalized spacial score (nSPS) is 15.8. The van der Waals surface area contributed by atoms with E-state index in [-0.39, 0.29) is 0 Å². The van der Waals surface area contributed by atoms with Gasteiger partial charge in [0.15, 0.2) is 0 Å². The Balaban J connectivity index is 1.85. The Labute approximate surface area is 120 Å². The molecular formula is C18H21NO. The lowest BCUT2D eigenvalue weighted by atomic mass is 9.89. The molecule has 0 unspecified atom stereocenters. The third-order valence-electron chi connectivity index (χ3n) is 4.04. The van der Waals surface area contributed by atoms with Crippen molar-refractivity contribution in [2.45, 2.75) is 19.3 Å². The van der Waals surface area contributed by atoms with Gasteiger partial charge in [-0.3, -0.25) is 0 Å². The maximum atomic E-state index is 5.66. The molecule has 1 aromatic heterocycles. The Morgan fingerprint density at radius 1 is 1.30 bits per heavy atom. The summed E-state index contributed by atoms with van der Waals surface area (Å²) in [5.41, 5.74) is 3.84. The highest BCUT2D eigenvalue weighted by Crippen LogP contribution is 2.29. The fourth-order valence-corrected chi connectivity index (χ4v) is 2.97. The van der Waals surface area contributed by atoms with Gasteiger partial charge < -0.3 is 9.73 Å². The molecule has 1 aliphatic rings. The Bertz CT molecular complexity index is 636. The van der Waals surface area contributed by atoms with Crippen molar-refractivity contribution < 1.29 is 4.42 Å². The Morgan fingerprint density at radius 3 is 3.05 bits per heavy atom. The average Bonchev–Trinajstić information content (AvgIpc) is 3.14. The van der Waals surface area contributed by atoms with E-state index in [2.05, 4.69) is 41.7 Å². The van der Waals surface area contributed by atoms with Crippen LogP contribution >= 0.6 is 0 Å². The molecule has 2 aromatic rings. The molecule has 1 aromatic carbocycles. The van der Waals surface area contributed by atoms with Gasteiger partial charge in [-0.15, -0.1) is 0 Å². The molecule has 0 fully saturated rings. The van der Waals surface area contributed by atoms with E-state index in [9.17, 15) is 0 Å². The maximum Gasteiger partial charge on any atom is 0.137 e. The first-order chi connectivity index (χ1) is 9.88. The molecule has 2 nitrogen and oxygen atoms in total. The van der Waals surface area contributed by atoms with Crippen molar-refractivity contribution in [3.63, 3.8) is 0 Å². The van der Waals surface area contributed by atoms with Crippen LogP contribution in [0.5, 0.6) is 0 Å². The second kappa shape index (κ2) is 6.10. The minimum Gasteiger partial charge on any atom is -0.464 e. The molecule has 0 radical (unpaired) electrons. The van der Waals surface area contributed by atoms with Gasteiger partial charge in [-0.2, -0.15) is 0 Å². The largest absolute Gasteiger partial charge is 0.464 e. The van der Waals surface area contributed by atoms with E-state index in [0.717, 1.165) is 31.4 Å². The molecule has 1 N–H and O–H groups in total. The van der Waals surface area contributed by atoms with Crippen LogP contribution in [0.4, 0.5) is 0 Å². The molecular weight excluding hydrogens is 246 g/mol. The van der Waals surface area contributed by atoms with Crippen molar-refractivity contribution in [3.05, 3.63) is 59.9 Å². The zero-order chi connectivity index (χ0) is 13.8. The van der Waals surface area contributed by atoms with Crippen LogP contribution in [0.15, 0.2) is 58.7 Å². The predicted octanol–water partition coefficient (Wildman–Crippen LogP) is 4.09. The third kappa shape index (κ3) is 2.70. The van der Waals surface area contributed by atoms with E-state index < -0.39 is 0 Å². The van der Waals surface area contributed by atoms with Crippen molar-refractivity contribution in [1.82, 2.24) is 5.32 Å². The summed E-state index contributed by atoms with van der Waals surface area (Å²) in [6.07, 6.45) is 11.9. The summed E-state index contributed by atoms with van der Waals surface area (Å²) in [6, 6.07) is 8.47. The van der Waals surface area contributed by atoms with Gasteiger partial charge in [0.05, 0.1) is 6.26 Å².